The second-order valence-electron chi connectivity index (χ2n) is 1.32. The summed E-state index contributed by atoms with van der Waals surface area (Å²) < 4.78 is 36.7. The van der Waals surface area contributed by atoms with Crippen molar-refractivity contribution in [2.45, 2.75) is 0 Å². The summed E-state index contributed by atoms with van der Waals surface area (Å²) in [6.07, 6.45) is 0. The Morgan fingerprint density at radius 3 is 0.846 bits per heavy atom. The Bertz CT molecular complexity index is 115. The molecule has 0 heterocycles. The van der Waals surface area contributed by atoms with Gasteiger partial charge >= 0.3 is 16.5 Å². The zero-order valence-corrected chi connectivity index (χ0v) is 15.7. The third-order valence-electron chi connectivity index (χ3n) is 0.667. The molecule has 78 valence electrons. The molecule has 0 rings (SSSR count). The molecule has 0 unspecified atom stereocenters. The minimum atomic E-state index is -2.12. The van der Waals surface area contributed by atoms with Crippen LogP contribution < -0.4 is 0 Å². The summed E-state index contributed by atoms with van der Waals surface area (Å²) in [5.74, 6) is 0. The Morgan fingerprint density at radius 1 is 0.692 bits per heavy atom. The second kappa shape index (κ2) is 15.7. The molecule has 0 spiro atoms. The van der Waals surface area contributed by atoms with Gasteiger partial charge in [-0.1, -0.05) is 0 Å². The smallest absolute Gasteiger partial charge is 0.314 e. The molecule has 0 radical (unpaired) electrons. The fraction of sp³-hybridized carbons (Fsp3) is 1.00. The van der Waals surface area contributed by atoms with Crippen LogP contribution in [0.3, 0.4) is 0 Å². The summed E-state index contributed by atoms with van der Waals surface area (Å²) in [6, 6.07) is 0. The van der Waals surface area contributed by atoms with Crippen LogP contribution in [0.5, 0.6) is 0 Å². The van der Waals surface area contributed by atoms with Gasteiger partial charge in [-0.15, -0.1) is 0 Å². The molecule has 9 heteroatoms. The predicted octanol–water partition coefficient (Wildman–Crippen LogP) is 1.34. The van der Waals surface area contributed by atoms with Gasteiger partial charge in [0.05, 0.1) is 0 Å². The first kappa shape index (κ1) is 19.8. The Kier molecular flexibility index (Phi) is 23.9. The van der Waals surface area contributed by atoms with Crippen LogP contribution in [-0.4, -0.2) is 28.4 Å². The molecule has 0 atom stereocenters. The van der Waals surface area contributed by atoms with Crippen LogP contribution in [-0.2, 0) is 54.9 Å². The maximum absolute atomic E-state index is 9.92. The van der Waals surface area contributed by atoms with E-state index in [4.69, 9.17) is 0 Å². The fourth-order valence-corrected chi connectivity index (χ4v) is 0.500. The average Bonchev–Trinajstić information content (AvgIpc) is 2.16. The van der Waals surface area contributed by atoms with Gasteiger partial charge in [0.2, 0.25) is 0 Å². The standard InChI is InChI=1S/2C2H7O3P.Hg/c2*1-4-6(3)5-2;/h2*6H,1-2H3;. The van der Waals surface area contributed by atoms with Gasteiger partial charge in [0.15, 0.2) is 0 Å². The second-order valence-corrected chi connectivity index (χ2v) is 3.95. The van der Waals surface area contributed by atoms with E-state index in [1.54, 1.807) is 0 Å². The van der Waals surface area contributed by atoms with Crippen molar-refractivity contribution >= 4 is 16.5 Å². The molecule has 0 aliphatic heterocycles. The van der Waals surface area contributed by atoms with Crippen molar-refractivity contribution in [1.82, 2.24) is 0 Å². The summed E-state index contributed by atoms with van der Waals surface area (Å²) in [6.45, 7) is 0. The van der Waals surface area contributed by atoms with Crippen LogP contribution in [0.25, 0.3) is 0 Å². The van der Waals surface area contributed by atoms with E-state index in [1.165, 1.54) is 28.4 Å². The minimum absolute atomic E-state index is 0. The van der Waals surface area contributed by atoms with Gasteiger partial charge in [-0.2, -0.15) is 0 Å². The molecule has 0 bridgehead atoms. The maximum Gasteiger partial charge on any atom is 0.318 e. The molecule has 13 heavy (non-hydrogen) atoms. The zero-order valence-electron chi connectivity index (χ0n) is 8.16. The van der Waals surface area contributed by atoms with Crippen molar-refractivity contribution in [3.63, 3.8) is 0 Å². The first-order chi connectivity index (χ1) is 5.62. The molecule has 0 aliphatic carbocycles. The number of rotatable bonds is 4. The van der Waals surface area contributed by atoms with E-state index >= 15 is 0 Å². The first-order valence-electron chi connectivity index (χ1n) is 2.86. The zero-order chi connectivity index (χ0) is 9.98. The van der Waals surface area contributed by atoms with Gasteiger partial charge in [-0.25, -0.2) is 0 Å². The first-order valence-corrected chi connectivity index (χ1v) is 5.31. The van der Waals surface area contributed by atoms with Crippen LogP contribution >= 0.6 is 16.5 Å². The van der Waals surface area contributed by atoms with E-state index in [0.29, 0.717) is 0 Å². The van der Waals surface area contributed by atoms with Gasteiger partial charge in [0.1, 0.15) is 0 Å². The van der Waals surface area contributed by atoms with Gasteiger partial charge in [-0.3, -0.25) is 9.13 Å². The molecule has 0 aromatic heterocycles. The van der Waals surface area contributed by atoms with E-state index in [-0.39, 0.29) is 27.7 Å². The molecular formula is C4H14HgO6P2. The maximum atomic E-state index is 9.92. The van der Waals surface area contributed by atoms with E-state index < -0.39 is 16.5 Å². The minimum Gasteiger partial charge on any atom is -0.314 e. The summed E-state index contributed by atoms with van der Waals surface area (Å²) in [5.41, 5.74) is 0. The fourth-order valence-electron chi connectivity index (χ4n) is 0.167. The van der Waals surface area contributed by atoms with Crippen LogP contribution in [0, 0.1) is 0 Å². The SMILES string of the molecule is CO[PH](=O)OC.CO[PH](=O)OC.[Hg]. The Balaban J connectivity index is -0.000000143. The van der Waals surface area contributed by atoms with Gasteiger partial charge in [-0.05, 0) is 0 Å². The van der Waals surface area contributed by atoms with Crippen molar-refractivity contribution in [2.75, 3.05) is 28.4 Å². The van der Waals surface area contributed by atoms with Crippen molar-refractivity contribution in [3.8, 4) is 0 Å². The van der Waals surface area contributed by atoms with E-state index in [2.05, 4.69) is 18.1 Å². The number of hydrogen-bond acceptors (Lipinski definition) is 6. The topological polar surface area (TPSA) is 71.1 Å². The van der Waals surface area contributed by atoms with E-state index in [0.717, 1.165) is 0 Å². The van der Waals surface area contributed by atoms with Crippen molar-refractivity contribution < 1.29 is 54.9 Å². The molecule has 0 aromatic rings. The van der Waals surface area contributed by atoms with Crippen molar-refractivity contribution in [2.24, 2.45) is 0 Å². The van der Waals surface area contributed by atoms with Gasteiger partial charge in [0, 0.05) is 56.1 Å². The molecule has 0 aliphatic rings. The monoisotopic (exact) mass is 422 g/mol. The van der Waals surface area contributed by atoms with E-state index in [9.17, 15) is 9.13 Å². The molecule has 0 N–H and O–H groups in total. The predicted molar refractivity (Wildman–Crippen MR) is 46.0 cm³/mol. The Morgan fingerprint density at radius 2 is 0.846 bits per heavy atom. The summed E-state index contributed by atoms with van der Waals surface area (Å²) in [7, 11) is 1.12. The molecule has 0 aromatic carbocycles. The van der Waals surface area contributed by atoms with Crippen LogP contribution in [0.1, 0.15) is 0 Å². The molecule has 0 saturated carbocycles. The molecule has 0 fully saturated rings. The van der Waals surface area contributed by atoms with Gasteiger partial charge < -0.3 is 18.1 Å². The van der Waals surface area contributed by atoms with Crippen LogP contribution in [0.4, 0.5) is 0 Å². The Hall–Kier alpha value is 1.24. The third-order valence-corrected chi connectivity index (χ3v) is 2.00. The van der Waals surface area contributed by atoms with Crippen LogP contribution in [0.15, 0.2) is 0 Å². The summed E-state index contributed by atoms with van der Waals surface area (Å²) in [5, 5.41) is 0. The molecule has 0 amide bonds. The summed E-state index contributed by atoms with van der Waals surface area (Å²) >= 11 is 0. The largest absolute Gasteiger partial charge is 0.318 e. The third kappa shape index (κ3) is 19.6. The molecule has 0 saturated heterocycles. The Labute approximate surface area is 99.7 Å². The van der Waals surface area contributed by atoms with Crippen molar-refractivity contribution in [3.05, 3.63) is 0 Å². The average molecular weight is 421 g/mol. The van der Waals surface area contributed by atoms with Crippen molar-refractivity contribution in [1.29, 1.82) is 0 Å². The molecule has 6 nitrogen and oxygen atoms in total. The van der Waals surface area contributed by atoms with Crippen LogP contribution in [0.2, 0.25) is 0 Å². The number of hydrogen-bond donors (Lipinski definition) is 0. The van der Waals surface area contributed by atoms with Gasteiger partial charge in [0.25, 0.3) is 0 Å². The normalized spacial score (nSPS) is 9.08. The van der Waals surface area contributed by atoms with E-state index in [1.807, 2.05) is 0 Å². The molecular weight excluding hydrogens is 407 g/mol. The quantitative estimate of drug-likeness (QED) is 0.505. The summed E-state index contributed by atoms with van der Waals surface area (Å²) in [4.78, 5) is 0.